The number of ether oxygens (including phenoxy) is 1. The lowest BCUT2D eigenvalue weighted by atomic mass is 10.00. The van der Waals surface area contributed by atoms with Gasteiger partial charge in [-0.1, -0.05) is 24.3 Å². The SMILES string of the molecule is CC(=O)c1ccc(NC(=O)C(C)OC(=O)c2ccc3c4c(cccc24)CC3)cc1. The van der Waals surface area contributed by atoms with Crippen LogP contribution >= 0.6 is 0 Å². The summed E-state index contributed by atoms with van der Waals surface area (Å²) in [6, 6.07) is 16.3. The highest BCUT2D eigenvalue weighted by Crippen LogP contribution is 2.33. The van der Waals surface area contributed by atoms with Crippen LogP contribution in [-0.2, 0) is 22.4 Å². The number of carbonyl (C=O) groups excluding carboxylic acids is 3. The molecular formula is C24H21NO4. The van der Waals surface area contributed by atoms with Crippen molar-refractivity contribution in [3.8, 4) is 0 Å². The molecule has 5 nitrogen and oxygen atoms in total. The number of Topliss-reactive ketones (excluding diaryl/α,β-unsaturated/α-hetero) is 1. The Morgan fingerprint density at radius 1 is 0.931 bits per heavy atom. The number of carbonyl (C=O) groups is 3. The van der Waals surface area contributed by atoms with Gasteiger partial charge in [0.2, 0.25) is 0 Å². The van der Waals surface area contributed by atoms with Crippen LogP contribution in [0.15, 0.2) is 54.6 Å². The Morgan fingerprint density at radius 3 is 2.31 bits per heavy atom. The number of hydrogen-bond acceptors (Lipinski definition) is 4. The Labute approximate surface area is 168 Å². The molecule has 29 heavy (non-hydrogen) atoms. The molecule has 0 saturated carbocycles. The topological polar surface area (TPSA) is 72.5 Å². The first kappa shape index (κ1) is 18.9. The molecule has 1 unspecified atom stereocenters. The summed E-state index contributed by atoms with van der Waals surface area (Å²) < 4.78 is 5.44. The van der Waals surface area contributed by atoms with Crippen LogP contribution in [0.5, 0.6) is 0 Å². The van der Waals surface area contributed by atoms with E-state index in [1.807, 2.05) is 18.2 Å². The van der Waals surface area contributed by atoms with Crippen molar-refractivity contribution < 1.29 is 19.1 Å². The molecule has 0 aromatic heterocycles. The lowest BCUT2D eigenvalue weighted by molar-refractivity contribution is -0.123. The molecule has 146 valence electrons. The molecule has 1 amide bonds. The van der Waals surface area contributed by atoms with Gasteiger partial charge in [-0.25, -0.2) is 4.79 Å². The summed E-state index contributed by atoms with van der Waals surface area (Å²) in [4.78, 5) is 36.5. The van der Waals surface area contributed by atoms with E-state index < -0.39 is 18.0 Å². The van der Waals surface area contributed by atoms with Crippen molar-refractivity contribution in [2.24, 2.45) is 0 Å². The van der Waals surface area contributed by atoms with Gasteiger partial charge in [0.1, 0.15) is 0 Å². The Balaban J connectivity index is 1.48. The molecule has 1 atom stereocenters. The van der Waals surface area contributed by atoms with Crippen molar-refractivity contribution >= 4 is 34.1 Å². The fraction of sp³-hybridized carbons (Fsp3) is 0.208. The smallest absolute Gasteiger partial charge is 0.339 e. The van der Waals surface area contributed by atoms with Crippen LogP contribution in [0, 0.1) is 0 Å². The predicted octanol–water partition coefficient (Wildman–Crippen LogP) is 4.33. The van der Waals surface area contributed by atoms with E-state index >= 15 is 0 Å². The number of amides is 1. The van der Waals surface area contributed by atoms with Gasteiger partial charge < -0.3 is 10.1 Å². The highest BCUT2D eigenvalue weighted by atomic mass is 16.5. The lowest BCUT2D eigenvalue weighted by Gasteiger charge is -2.15. The number of ketones is 1. The first-order chi connectivity index (χ1) is 13.9. The zero-order chi connectivity index (χ0) is 20.5. The van der Waals surface area contributed by atoms with Gasteiger partial charge in [-0.05, 0) is 78.9 Å². The first-order valence-electron chi connectivity index (χ1n) is 9.60. The van der Waals surface area contributed by atoms with Crippen molar-refractivity contribution in [3.05, 3.63) is 76.9 Å². The molecule has 0 spiro atoms. The monoisotopic (exact) mass is 387 g/mol. The van der Waals surface area contributed by atoms with Crippen molar-refractivity contribution in [3.63, 3.8) is 0 Å². The molecule has 1 aliphatic rings. The van der Waals surface area contributed by atoms with E-state index in [4.69, 9.17) is 4.74 Å². The van der Waals surface area contributed by atoms with E-state index in [-0.39, 0.29) is 5.78 Å². The van der Waals surface area contributed by atoms with Crippen LogP contribution in [0.3, 0.4) is 0 Å². The molecule has 5 heteroatoms. The van der Waals surface area contributed by atoms with Crippen LogP contribution in [0.1, 0.15) is 45.7 Å². The Morgan fingerprint density at radius 2 is 1.62 bits per heavy atom. The second-order valence-corrected chi connectivity index (χ2v) is 7.28. The van der Waals surface area contributed by atoms with E-state index in [1.54, 1.807) is 30.3 Å². The maximum atomic E-state index is 12.7. The Hall–Kier alpha value is -3.47. The standard InChI is InChI=1S/C24H21NO4/c1-14(26)16-8-11-19(12-9-16)25-23(27)15(2)29-24(28)21-13-10-18-7-6-17-4-3-5-20(21)22(17)18/h3-5,8-13,15H,6-7H2,1-2H3,(H,25,27). The highest BCUT2D eigenvalue weighted by molar-refractivity contribution is 6.08. The summed E-state index contributed by atoms with van der Waals surface area (Å²) in [5, 5.41) is 4.70. The van der Waals surface area contributed by atoms with Gasteiger partial charge in [-0.15, -0.1) is 0 Å². The normalized spacial score (nSPS) is 13.2. The summed E-state index contributed by atoms with van der Waals surface area (Å²) in [5.74, 6) is -0.995. The number of anilines is 1. The van der Waals surface area contributed by atoms with E-state index in [0.29, 0.717) is 16.8 Å². The quantitative estimate of drug-likeness (QED) is 0.523. The van der Waals surface area contributed by atoms with Crippen LogP contribution < -0.4 is 5.32 Å². The van der Waals surface area contributed by atoms with Crippen LogP contribution in [0.2, 0.25) is 0 Å². The summed E-state index contributed by atoms with van der Waals surface area (Å²) in [6.07, 6.45) is 0.997. The zero-order valence-corrected chi connectivity index (χ0v) is 16.3. The third kappa shape index (κ3) is 3.63. The average Bonchev–Trinajstić information content (AvgIpc) is 3.13. The maximum Gasteiger partial charge on any atom is 0.339 e. The molecule has 0 saturated heterocycles. The lowest BCUT2D eigenvalue weighted by Crippen LogP contribution is -2.30. The number of hydrogen-bond donors (Lipinski definition) is 1. The fourth-order valence-electron chi connectivity index (χ4n) is 3.73. The molecule has 3 aromatic carbocycles. The fourth-order valence-corrected chi connectivity index (χ4v) is 3.73. The van der Waals surface area contributed by atoms with E-state index in [2.05, 4.69) is 11.4 Å². The van der Waals surface area contributed by atoms with Crippen LogP contribution in [0.4, 0.5) is 5.69 Å². The summed E-state index contributed by atoms with van der Waals surface area (Å²) in [7, 11) is 0. The molecule has 4 rings (SSSR count). The van der Waals surface area contributed by atoms with Gasteiger partial charge in [-0.3, -0.25) is 9.59 Å². The van der Waals surface area contributed by atoms with Gasteiger partial charge in [0, 0.05) is 11.3 Å². The molecule has 1 N–H and O–H groups in total. The largest absolute Gasteiger partial charge is 0.449 e. The number of aryl methyl sites for hydroxylation is 2. The van der Waals surface area contributed by atoms with Gasteiger partial charge >= 0.3 is 5.97 Å². The van der Waals surface area contributed by atoms with E-state index in [9.17, 15) is 14.4 Å². The number of nitrogens with one attached hydrogen (secondary N) is 1. The highest BCUT2D eigenvalue weighted by Gasteiger charge is 2.23. The molecule has 0 radical (unpaired) electrons. The third-order valence-corrected chi connectivity index (χ3v) is 5.31. The molecule has 0 aliphatic heterocycles. The van der Waals surface area contributed by atoms with Crippen molar-refractivity contribution in [2.75, 3.05) is 5.32 Å². The van der Waals surface area contributed by atoms with Gasteiger partial charge in [0.15, 0.2) is 11.9 Å². The zero-order valence-electron chi connectivity index (χ0n) is 16.3. The molecule has 1 aliphatic carbocycles. The minimum atomic E-state index is -0.960. The maximum absolute atomic E-state index is 12.7. The summed E-state index contributed by atoms with van der Waals surface area (Å²) in [5.41, 5.74) is 4.06. The molecule has 0 fully saturated rings. The number of esters is 1. The van der Waals surface area contributed by atoms with Crippen molar-refractivity contribution in [2.45, 2.75) is 32.8 Å². The molecule has 0 bridgehead atoms. The van der Waals surface area contributed by atoms with Gasteiger partial charge in [0.05, 0.1) is 5.56 Å². The number of rotatable bonds is 5. The first-order valence-corrected chi connectivity index (χ1v) is 9.60. The van der Waals surface area contributed by atoms with Crippen molar-refractivity contribution in [1.82, 2.24) is 0 Å². The van der Waals surface area contributed by atoms with Crippen molar-refractivity contribution in [1.29, 1.82) is 0 Å². The third-order valence-electron chi connectivity index (χ3n) is 5.31. The Bertz CT molecular complexity index is 1120. The minimum Gasteiger partial charge on any atom is -0.449 e. The predicted molar refractivity (Wildman–Crippen MR) is 111 cm³/mol. The molecular weight excluding hydrogens is 366 g/mol. The second-order valence-electron chi connectivity index (χ2n) is 7.28. The second kappa shape index (κ2) is 7.51. The summed E-state index contributed by atoms with van der Waals surface area (Å²) >= 11 is 0. The van der Waals surface area contributed by atoms with E-state index in [1.165, 1.54) is 25.0 Å². The molecule has 3 aromatic rings. The average molecular weight is 387 g/mol. The van der Waals surface area contributed by atoms with Gasteiger partial charge in [-0.2, -0.15) is 0 Å². The van der Waals surface area contributed by atoms with Crippen LogP contribution in [-0.4, -0.2) is 23.8 Å². The Kier molecular flexibility index (Phi) is 4.89. The minimum absolute atomic E-state index is 0.0458. The van der Waals surface area contributed by atoms with Crippen LogP contribution in [0.25, 0.3) is 10.8 Å². The summed E-state index contributed by atoms with van der Waals surface area (Å²) in [6.45, 7) is 3.02. The molecule has 0 heterocycles. The number of benzene rings is 3. The van der Waals surface area contributed by atoms with Gasteiger partial charge in [0.25, 0.3) is 5.91 Å². The van der Waals surface area contributed by atoms with E-state index in [0.717, 1.165) is 23.6 Å².